The Morgan fingerprint density at radius 2 is 1.66 bits per heavy atom. The summed E-state index contributed by atoms with van der Waals surface area (Å²) in [6.07, 6.45) is 1.67. The molecule has 2 N–H and O–H groups in total. The quantitative estimate of drug-likeness (QED) is 0.344. The van der Waals surface area contributed by atoms with E-state index < -0.39 is 29.5 Å². The van der Waals surface area contributed by atoms with E-state index in [0.29, 0.717) is 22.6 Å². The van der Waals surface area contributed by atoms with Crippen molar-refractivity contribution in [2.24, 2.45) is 0 Å². The monoisotopic (exact) mass is 476 g/mol. The molecule has 0 spiro atoms. The predicted molar refractivity (Wildman–Crippen MR) is 126 cm³/mol. The Hall–Kier alpha value is -4.46. The van der Waals surface area contributed by atoms with Crippen LogP contribution < -0.4 is 15.4 Å². The van der Waals surface area contributed by atoms with Crippen LogP contribution in [0.1, 0.15) is 27.7 Å². The molecule has 6 nitrogen and oxygen atoms in total. The minimum Gasteiger partial charge on any atom is -0.484 e. The number of rotatable bonds is 9. The first-order valence-electron chi connectivity index (χ1n) is 10.8. The molecule has 0 radical (unpaired) electrons. The van der Waals surface area contributed by atoms with E-state index in [-0.39, 0.29) is 18.8 Å². The number of carbonyl (C=O) groups is 2. The smallest absolute Gasteiger partial charge is 0.291 e. The molecule has 1 atom stereocenters. The largest absolute Gasteiger partial charge is 0.484 e. The lowest BCUT2D eigenvalue weighted by Gasteiger charge is -2.20. The molecule has 1 aromatic heterocycles. The van der Waals surface area contributed by atoms with Crippen molar-refractivity contribution in [1.29, 1.82) is 0 Å². The second-order valence-corrected chi connectivity index (χ2v) is 7.76. The molecule has 0 aliphatic carbocycles. The van der Waals surface area contributed by atoms with Crippen LogP contribution in [-0.4, -0.2) is 18.4 Å². The fraction of sp³-hybridized carbons (Fsp3) is 0.111. The molecule has 3 aromatic carbocycles. The van der Waals surface area contributed by atoms with Crippen LogP contribution in [0.25, 0.3) is 0 Å². The van der Waals surface area contributed by atoms with E-state index in [1.165, 1.54) is 30.5 Å². The molecule has 1 heterocycles. The Balaban J connectivity index is 1.40. The normalized spacial score (nSPS) is 11.5. The van der Waals surface area contributed by atoms with Crippen LogP contribution in [-0.2, 0) is 11.2 Å². The van der Waals surface area contributed by atoms with Gasteiger partial charge in [0.05, 0.1) is 12.3 Å². The maximum Gasteiger partial charge on any atom is 0.291 e. The highest BCUT2D eigenvalue weighted by molar-refractivity contribution is 6.02. The van der Waals surface area contributed by atoms with Crippen molar-refractivity contribution in [2.75, 3.05) is 11.9 Å². The molecule has 35 heavy (non-hydrogen) atoms. The predicted octanol–water partition coefficient (Wildman–Crippen LogP) is 5.29. The molecule has 0 aliphatic rings. The molecule has 0 aliphatic heterocycles. The van der Waals surface area contributed by atoms with Gasteiger partial charge in [0.25, 0.3) is 11.8 Å². The molecule has 1 unspecified atom stereocenters. The fourth-order valence-electron chi connectivity index (χ4n) is 3.52. The molecular weight excluding hydrogens is 454 g/mol. The standard InChI is InChI=1S/C27H22F2N2O4/c28-20-7-1-5-18(13-20)14-24(19-6-2-8-21(29)15-19)31-26(32)17-35-23-10-3-9-22(16-23)30-27(33)25-11-4-12-34-25/h1-13,15-16,24H,14,17H2,(H,30,33)(H,31,32). The summed E-state index contributed by atoms with van der Waals surface area (Å²) >= 11 is 0. The van der Waals surface area contributed by atoms with Crippen molar-refractivity contribution in [2.45, 2.75) is 12.5 Å². The zero-order valence-corrected chi connectivity index (χ0v) is 18.5. The highest BCUT2D eigenvalue weighted by Crippen LogP contribution is 2.21. The Kier molecular flexibility index (Phi) is 7.52. The number of hydrogen-bond acceptors (Lipinski definition) is 4. The van der Waals surface area contributed by atoms with Crippen LogP contribution in [0.4, 0.5) is 14.5 Å². The van der Waals surface area contributed by atoms with Gasteiger partial charge in [-0.1, -0.05) is 30.3 Å². The average Bonchev–Trinajstić information content (AvgIpc) is 3.38. The SMILES string of the molecule is O=C(COc1cccc(NC(=O)c2ccco2)c1)NC(Cc1cccc(F)c1)c1cccc(F)c1. The summed E-state index contributed by atoms with van der Waals surface area (Å²) in [7, 11) is 0. The molecule has 0 fully saturated rings. The van der Waals surface area contributed by atoms with Gasteiger partial charge in [0, 0.05) is 11.8 Å². The fourth-order valence-corrected chi connectivity index (χ4v) is 3.52. The third kappa shape index (κ3) is 6.77. The van der Waals surface area contributed by atoms with Crippen LogP contribution in [0.15, 0.2) is 95.6 Å². The summed E-state index contributed by atoms with van der Waals surface area (Å²) in [6, 6.07) is 21.0. The van der Waals surface area contributed by atoms with Crippen LogP contribution in [0, 0.1) is 11.6 Å². The van der Waals surface area contributed by atoms with Crippen LogP contribution in [0.5, 0.6) is 5.75 Å². The summed E-state index contributed by atoms with van der Waals surface area (Å²) in [5, 5.41) is 5.51. The lowest BCUT2D eigenvalue weighted by atomic mass is 9.98. The van der Waals surface area contributed by atoms with Gasteiger partial charge in [0.15, 0.2) is 12.4 Å². The number of halogens is 2. The number of nitrogens with one attached hydrogen (secondary N) is 2. The van der Waals surface area contributed by atoms with E-state index >= 15 is 0 Å². The molecule has 8 heteroatoms. The number of furan rings is 1. The van der Waals surface area contributed by atoms with Gasteiger partial charge in [-0.15, -0.1) is 0 Å². The Morgan fingerprint density at radius 3 is 2.40 bits per heavy atom. The van der Waals surface area contributed by atoms with E-state index in [4.69, 9.17) is 9.15 Å². The van der Waals surface area contributed by atoms with Gasteiger partial charge in [-0.3, -0.25) is 9.59 Å². The van der Waals surface area contributed by atoms with E-state index in [9.17, 15) is 18.4 Å². The van der Waals surface area contributed by atoms with Gasteiger partial charge in [0.2, 0.25) is 0 Å². The Bertz CT molecular complexity index is 1310. The third-order valence-corrected chi connectivity index (χ3v) is 5.12. The van der Waals surface area contributed by atoms with Gasteiger partial charge >= 0.3 is 0 Å². The maximum atomic E-state index is 13.8. The van der Waals surface area contributed by atoms with Gasteiger partial charge < -0.3 is 19.8 Å². The van der Waals surface area contributed by atoms with E-state index in [1.54, 1.807) is 60.7 Å². The van der Waals surface area contributed by atoms with Gasteiger partial charge in [0.1, 0.15) is 17.4 Å². The number of ether oxygens (including phenoxy) is 1. The lowest BCUT2D eigenvalue weighted by Crippen LogP contribution is -2.33. The molecule has 178 valence electrons. The van der Waals surface area contributed by atoms with E-state index in [2.05, 4.69) is 10.6 Å². The van der Waals surface area contributed by atoms with E-state index in [1.807, 2.05) is 0 Å². The van der Waals surface area contributed by atoms with Crippen molar-refractivity contribution < 1.29 is 27.5 Å². The summed E-state index contributed by atoms with van der Waals surface area (Å²) < 4.78 is 38.1. The first-order chi connectivity index (χ1) is 17.0. The zero-order chi connectivity index (χ0) is 24.6. The number of benzene rings is 3. The van der Waals surface area contributed by atoms with Crippen molar-refractivity contribution in [1.82, 2.24) is 5.32 Å². The third-order valence-electron chi connectivity index (χ3n) is 5.12. The van der Waals surface area contributed by atoms with Gasteiger partial charge in [-0.25, -0.2) is 8.78 Å². The topological polar surface area (TPSA) is 80.6 Å². The Labute approximate surface area is 200 Å². The van der Waals surface area contributed by atoms with Crippen LogP contribution in [0.3, 0.4) is 0 Å². The van der Waals surface area contributed by atoms with Crippen molar-refractivity contribution in [3.8, 4) is 5.75 Å². The van der Waals surface area contributed by atoms with Crippen LogP contribution >= 0.6 is 0 Å². The molecule has 0 bridgehead atoms. The van der Waals surface area contributed by atoms with Crippen molar-refractivity contribution in [3.05, 3.63) is 120 Å². The first kappa shape index (κ1) is 23.7. The molecular formula is C27H22F2N2O4. The minimum absolute atomic E-state index is 0.164. The first-order valence-corrected chi connectivity index (χ1v) is 10.8. The van der Waals surface area contributed by atoms with E-state index in [0.717, 1.165) is 0 Å². The average molecular weight is 476 g/mol. The number of carbonyl (C=O) groups excluding carboxylic acids is 2. The van der Waals surface area contributed by atoms with Gasteiger partial charge in [-0.05, 0) is 66.1 Å². The van der Waals surface area contributed by atoms with Crippen molar-refractivity contribution in [3.63, 3.8) is 0 Å². The minimum atomic E-state index is -0.595. The van der Waals surface area contributed by atoms with Gasteiger partial charge in [-0.2, -0.15) is 0 Å². The summed E-state index contributed by atoms with van der Waals surface area (Å²) in [5.74, 6) is -1.16. The lowest BCUT2D eigenvalue weighted by molar-refractivity contribution is -0.123. The zero-order valence-electron chi connectivity index (χ0n) is 18.5. The molecule has 4 rings (SSSR count). The molecule has 0 saturated heterocycles. The number of hydrogen-bond donors (Lipinski definition) is 2. The highest BCUT2D eigenvalue weighted by Gasteiger charge is 2.17. The number of amides is 2. The summed E-state index contributed by atoms with van der Waals surface area (Å²) in [4.78, 5) is 24.8. The second kappa shape index (κ2) is 11.1. The number of anilines is 1. The summed E-state index contributed by atoms with van der Waals surface area (Å²) in [5.41, 5.74) is 1.67. The molecule has 4 aromatic rings. The second-order valence-electron chi connectivity index (χ2n) is 7.76. The summed E-state index contributed by atoms with van der Waals surface area (Å²) in [6.45, 7) is -0.315. The van der Waals surface area contributed by atoms with Crippen LogP contribution in [0.2, 0.25) is 0 Å². The molecule has 0 saturated carbocycles. The Morgan fingerprint density at radius 1 is 0.886 bits per heavy atom. The highest BCUT2D eigenvalue weighted by atomic mass is 19.1. The molecule has 2 amide bonds. The van der Waals surface area contributed by atoms with Crippen molar-refractivity contribution >= 4 is 17.5 Å². The maximum absolute atomic E-state index is 13.8.